The number of rotatable bonds is 5. The molecule has 3 rings (SSSR count). The summed E-state index contributed by atoms with van der Waals surface area (Å²) in [7, 11) is 0. The molecule has 0 radical (unpaired) electrons. The molecule has 1 N–H and O–H groups in total. The molecule has 0 aliphatic heterocycles. The number of non-ortho nitro benzene ring substituents is 1. The van der Waals surface area contributed by atoms with E-state index < -0.39 is 10.9 Å². The summed E-state index contributed by atoms with van der Waals surface area (Å²) in [6.07, 6.45) is 0. The van der Waals surface area contributed by atoms with Crippen LogP contribution >= 0.6 is 0 Å². The number of nitro groups is 1. The lowest BCUT2D eigenvalue weighted by Gasteiger charge is -2.14. The van der Waals surface area contributed by atoms with Gasteiger partial charge in [0.05, 0.1) is 11.5 Å². The molecule has 0 heterocycles. The predicted octanol–water partition coefficient (Wildman–Crippen LogP) is 4.81. The first-order valence-corrected chi connectivity index (χ1v) is 8.35. The molecule has 0 fully saturated rings. The minimum absolute atomic E-state index is 0.0191. The number of hydrogen-bond donors (Lipinski definition) is 1. The van der Waals surface area contributed by atoms with Crippen LogP contribution in [0.15, 0.2) is 66.7 Å². The molecule has 3 aromatic rings. The molecule has 0 spiro atoms. The maximum Gasteiger partial charge on any atom is 0.342 e. The number of nitro benzene ring substituents is 1. The lowest BCUT2D eigenvalue weighted by molar-refractivity contribution is -0.384. The highest BCUT2D eigenvalue weighted by molar-refractivity contribution is 6.01. The number of hydrogen-bond acceptors (Lipinski definition) is 5. The fourth-order valence-electron chi connectivity index (χ4n) is 2.83. The summed E-state index contributed by atoms with van der Waals surface area (Å²) in [6, 6.07) is 18.4. The third-order valence-electron chi connectivity index (χ3n) is 4.09. The van der Waals surface area contributed by atoms with Crippen molar-refractivity contribution in [1.29, 1.82) is 0 Å². The highest BCUT2D eigenvalue weighted by Gasteiger charge is 2.20. The first kappa shape index (κ1) is 18.1. The van der Waals surface area contributed by atoms with Crippen molar-refractivity contribution in [2.45, 2.75) is 6.92 Å². The molecule has 0 saturated heterocycles. The Morgan fingerprint density at radius 3 is 2.26 bits per heavy atom. The van der Waals surface area contributed by atoms with Crippen LogP contribution in [0.25, 0.3) is 22.3 Å². The van der Waals surface area contributed by atoms with Crippen LogP contribution in [0.4, 0.5) is 5.69 Å². The van der Waals surface area contributed by atoms with E-state index >= 15 is 0 Å². The van der Waals surface area contributed by atoms with E-state index in [1.165, 1.54) is 18.2 Å². The molecule has 136 valence electrons. The lowest BCUT2D eigenvalue weighted by atomic mass is 9.93. The van der Waals surface area contributed by atoms with E-state index in [-0.39, 0.29) is 23.6 Å². The SMILES string of the molecule is CCOC(=O)c1c(O)cc(-c2ccc([N+](=O)[O-])cc2)cc1-c1ccccc1. The van der Waals surface area contributed by atoms with Gasteiger partial charge in [-0.25, -0.2) is 4.79 Å². The lowest BCUT2D eigenvalue weighted by Crippen LogP contribution is -2.07. The van der Waals surface area contributed by atoms with Gasteiger partial charge in [0.15, 0.2) is 0 Å². The zero-order valence-electron chi connectivity index (χ0n) is 14.6. The zero-order valence-corrected chi connectivity index (χ0v) is 14.6. The summed E-state index contributed by atoms with van der Waals surface area (Å²) >= 11 is 0. The van der Waals surface area contributed by atoms with Gasteiger partial charge in [-0.05, 0) is 47.9 Å². The number of ether oxygens (including phenoxy) is 1. The monoisotopic (exact) mass is 363 g/mol. The Hall–Kier alpha value is -3.67. The number of phenols is 1. The molecule has 3 aromatic carbocycles. The van der Waals surface area contributed by atoms with Crippen LogP contribution in [-0.2, 0) is 4.74 Å². The Labute approximate surface area is 155 Å². The number of phenolic OH excluding ortho intramolecular Hbond substituents is 1. The molecule has 6 heteroatoms. The van der Waals surface area contributed by atoms with Gasteiger partial charge in [0.2, 0.25) is 0 Å². The van der Waals surface area contributed by atoms with Gasteiger partial charge >= 0.3 is 5.97 Å². The second-order valence-corrected chi connectivity index (χ2v) is 5.81. The van der Waals surface area contributed by atoms with E-state index in [4.69, 9.17) is 4.74 Å². The molecule has 0 unspecified atom stereocenters. The molecule has 6 nitrogen and oxygen atoms in total. The first-order chi connectivity index (χ1) is 13.0. The molecule has 0 saturated carbocycles. The molecule has 0 aliphatic rings. The van der Waals surface area contributed by atoms with Gasteiger partial charge in [0, 0.05) is 17.7 Å². The van der Waals surface area contributed by atoms with Gasteiger partial charge in [-0.15, -0.1) is 0 Å². The number of aromatic hydroxyl groups is 1. The van der Waals surface area contributed by atoms with E-state index in [0.29, 0.717) is 16.7 Å². The molecular formula is C21H17NO5. The minimum Gasteiger partial charge on any atom is -0.507 e. The minimum atomic E-state index is -0.607. The summed E-state index contributed by atoms with van der Waals surface area (Å²) in [5, 5.41) is 21.4. The Kier molecular flexibility index (Phi) is 5.17. The Bertz CT molecular complexity index is 981. The summed E-state index contributed by atoms with van der Waals surface area (Å²) < 4.78 is 5.08. The average Bonchev–Trinajstić information content (AvgIpc) is 2.68. The quantitative estimate of drug-likeness (QED) is 0.399. The van der Waals surface area contributed by atoms with Gasteiger partial charge in [0.25, 0.3) is 5.69 Å². The molecule has 0 atom stereocenters. The van der Waals surface area contributed by atoms with Gasteiger partial charge in [-0.2, -0.15) is 0 Å². The summed E-state index contributed by atoms with van der Waals surface area (Å²) in [5.41, 5.74) is 2.67. The molecule has 0 amide bonds. The van der Waals surface area contributed by atoms with Crippen molar-refractivity contribution >= 4 is 11.7 Å². The number of esters is 1. The normalized spacial score (nSPS) is 10.4. The zero-order chi connectivity index (χ0) is 19.4. The van der Waals surface area contributed by atoms with E-state index in [1.807, 2.05) is 30.3 Å². The standard InChI is InChI=1S/C21H17NO5/c1-2-27-21(24)20-18(15-6-4-3-5-7-15)12-16(13-19(20)23)14-8-10-17(11-9-14)22(25)26/h3-13,23H,2H2,1H3. The van der Waals surface area contributed by atoms with Gasteiger partial charge in [0.1, 0.15) is 11.3 Å². The summed E-state index contributed by atoms with van der Waals surface area (Å²) in [6.45, 7) is 1.89. The first-order valence-electron chi connectivity index (χ1n) is 8.35. The van der Waals surface area contributed by atoms with Crippen LogP contribution in [0.2, 0.25) is 0 Å². The van der Waals surface area contributed by atoms with Crippen molar-refractivity contribution in [1.82, 2.24) is 0 Å². The smallest absolute Gasteiger partial charge is 0.342 e. The largest absolute Gasteiger partial charge is 0.507 e. The molecular weight excluding hydrogens is 346 g/mol. The Morgan fingerprint density at radius 1 is 1.00 bits per heavy atom. The van der Waals surface area contributed by atoms with Crippen molar-refractivity contribution in [2.24, 2.45) is 0 Å². The summed E-state index contributed by atoms with van der Waals surface area (Å²) in [4.78, 5) is 22.7. The van der Waals surface area contributed by atoms with Crippen LogP contribution in [0.3, 0.4) is 0 Å². The van der Waals surface area contributed by atoms with Crippen LogP contribution in [0.1, 0.15) is 17.3 Å². The van der Waals surface area contributed by atoms with Crippen LogP contribution in [-0.4, -0.2) is 22.6 Å². The fraction of sp³-hybridized carbons (Fsp3) is 0.0952. The average molecular weight is 363 g/mol. The molecule has 0 aromatic heterocycles. The van der Waals surface area contributed by atoms with E-state index in [0.717, 1.165) is 5.56 Å². The van der Waals surface area contributed by atoms with Crippen molar-refractivity contribution in [3.63, 3.8) is 0 Å². The predicted molar refractivity (Wildman–Crippen MR) is 102 cm³/mol. The summed E-state index contributed by atoms with van der Waals surface area (Å²) in [5.74, 6) is -0.813. The third-order valence-corrected chi connectivity index (χ3v) is 4.09. The van der Waals surface area contributed by atoms with Crippen LogP contribution < -0.4 is 0 Å². The van der Waals surface area contributed by atoms with E-state index in [9.17, 15) is 20.0 Å². The number of nitrogens with zero attached hydrogens (tertiary/aromatic N) is 1. The van der Waals surface area contributed by atoms with E-state index in [1.54, 1.807) is 25.1 Å². The Morgan fingerprint density at radius 2 is 1.67 bits per heavy atom. The van der Waals surface area contributed by atoms with Crippen LogP contribution in [0, 0.1) is 10.1 Å². The van der Waals surface area contributed by atoms with Crippen molar-refractivity contribution in [3.05, 3.63) is 82.4 Å². The topological polar surface area (TPSA) is 89.7 Å². The molecule has 27 heavy (non-hydrogen) atoms. The number of carbonyl (C=O) groups excluding carboxylic acids is 1. The van der Waals surface area contributed by atoms with Crippen molar-refractivity contribution < 1.29 is 19.6 Å². The van der Waals surface area contributed by atoms with Gasteiger partial charge < -0.3 is 9.84 Å². The second-order valence-electron chi connectivity index (χ2n) is 5.81. The van der Waals surface area contributed by atoms with Crippen molar-refractivity contribution in [2.75, 3.05) is 6.61 Å². The maximum absolute atomic E-state index is 12.4. The molecule has 0 aliphatic carbocycles. The fourth-order valence-corrected chi connectivity index (χ4v) is 2.83. The van der Waals surface area contributed by atoms with E-state index in [2.05, 4.69) is 0 Å². The highest BCUT2D eigenvalue weighted by atomic mass is 16.6. The van der Waals surface area contributed by atoms with Gasteiger partial charge in [-0.3, -0.25) is 10.1 Å². The van der Waals surface area contributed by atoms with Crippen molar-refractivity contribution in [3.8, 4) is 28.0 Å². The number of benzene rings is 3. The molecule has 0 bridgehead atoms. The van der Waals surface area contributed by atoms with Gasteiger partial charge in [-0.1, -0.05) is 30.3 Å². The maximum atomic E-state index is 12.4. The van der Waals surface area contributed by atoms with Crippen LogP contribution in [0.5, 0.6) is 5.75 Å². The second kappa shape index (κ2) is 7.70. The number of carbonyl (C=O) groups is 1. The highest BCUT2D eigenvalue weighted by Crippen LogP contribution is 2.36. The third kappa shape index (κ3) is 3.79. The Balaban J connectivity index is 2.16.